The summed E-state index contributed by atoms with van der Waals surface area (Å²) in [4.78, 5) is 29.9. The number of ether oxygens (including phenoxy) is 6. The van der Waals surface area contributed by atoms with Crippen LogP contribution in [-0.2, 0) is 14.8 Å². The number of esters is 1. The van der Waals surface area contributed by atoms with Gasteiger partial charge >= 0.3 is 12.1 Å². The van der Waals surface area contributed by atoms with Gasteiger partial charge in [0, 0.05) is 12.3 Å². The van der Waals surface area contributed by atoms with Gasteiger partial charge in [-0.25, -0.2) is 23.0 Å². The summed E-state index contributed by atoms with van der Waals surface area (Å²) in [5, 5.41) is 2.43. The van der Waals surface area contributed by atoms with Crippen LogP contribution in [0, 0.1) is 0 Å². The van der Waals surface area contributed by atoms with Gasteiger partial charge < -0.3 is 28.4 Å². The molecular weight excluding hydrogens is 594 g/mol. The van der Waals surface area contributed by atoms with Crippen LogP contribution in [0.3, 0.4) is 0 Å². The van der Waals surface area contributed by atoms with Crippen molar-refractivity contribution in [3.63, 3.8) is 0 Å². The van der Waals surface area contributed by atoms with E-state index < -0.39 is 33.5 Å². The number of hydrogen-bond acceptors (Lipinski definition) is 11. The molecular formula is C30H29N3O10S. The highest BCUT2D eigenvalue weighted by atomic mass is 32.2. The van der Waals surface area contributed by atoms with Crippen LogP contribution >= 0.6 is 0 Å². The number of hydrogen-bond donors (Lipinski definition) is 2. The van der Waals surface area contributed by atoms with Crippen LogP contribution in [0.4, 0.5) is 16.3 Å². The summed E-state index contributed by atoms with van der Waals surface area (Å²) >= 11 is 0. The van der Waals surface area contributed by atoms with E-state index >= 15 is 0 Å². The fraction of sp³-hybridized carbons (Fsp3) is 0.167. The molecule has 0 atom stereocenters. The number of rotatable bonds is 12. The van der Waals surface area contributed by atoms with Crippen LogP contribution in [0.15, 0.2) is 83.9 Å². The predicted octanol–water partition coefficient (Wildman–Crippen LogP) is 5.49. The fourth-order valence-corrected chi connectivity index (χ4v) is 4.93. The Kier molecular flexibility index (Phi) is 10.1. The molecule has 4 rings (SSSR count). The predicted molar refractivity (Wildman–Crippen MR) is 160 cm³/mol. The Hall–Kier alpha value is -5.50. The maximum absolute atomic E-state index is 13.7. The van der Waals surface area contributed by atoms with Crippen LogP contribution in [0.25, 0.3) is 0 Å². The van der Waals surface area contributed by atoms with Crippen LogP contribution in [0.5, 0.6) is 34.5 Å². The summed E-state index contributed by atoms with van der Waals surface area (Å²) in [6.45, 7) is 1.77. The number of nitrogens with one attached hydrogen (secondary N) is 2. The molecule has 0 aliphatic heterocycles. The lowest BCUT2D eigenvalue weighted by molar-refractivity contribution is 0.0597. The van der Waals surface area contributed by atoms with Gasteiger partial charge in [-0.05, 0) is 55.5 Å². The normalized spacial score (nSPS) is 10.7. The number of carbonyl (C=O) groups excluding carboxylic acids is 2. The summed E-state index contributed by atoms with van der Waals surface area (Å²) < 4.78 is 62.8. The van der Waals surface area contributed by atoms with E-state index in [1.807, 2.05) is 0 Å². The van der Waals surface area contributed by atoms with Gasteiger partial charge in [0.2, 0.25) is 0 Å². The number of amides is 1. The highest BCUT2D eigenvalue weighted by molar-refractivity contribution is 7.92. The molecule has 1 aromatic heterocycles. The Morgan fingerprint density at radius 3 is 2.16 bits per heavy atom. The first-order chi connectivity index (χ1) is 21.2. The van der Waals surface area contributed by atoms with Crippen molar-refractivity contribution in [2.24, 2.45) is 0 Å². The van der Waals surface area contributed by atoms with Gasteiger partial charge in [0.1, 0.15) is 22.8 Å². The van der Waals surface area contributed by atoms with Crippen molar-refractivity contribution in [1.82, 2.24) is 4.98 Å². The zero-order valence-corrected chi connectivity index (χ0v) is 25.0. The number of anilines is 2. The minimum absolute atomic E-state index is 0.0660. The molecule has 0 unspecified atom stereocenters. The third-order valence-corrected chi connectivity index (χ3v) is 7.25. The van der Waals surface area contributed by atoms with E-state index in [4.69, 9.17) is 28.4 Å². The van der Waals surface area contributed by atoms with Crippen molar-refractivity contribution < 1.29 is 46.4 Å². The van der Waals surface area contributed by atoms with Crippen molar-refractivity contribution >= 4 is 33.6 Å². The molecule has 0 saturated heterocycles. The molecule has 4 aromatic rings. The average Bonchev–Trinajstić information content (AvgIpc) is 3.03. The number of sulfonamides is 1. The Bertz CT molecular complexity index is 1730. The lowest BCUT2D eigenvalue weighted by Crippen LogP contribution is -2.22. The first kappa shape index (κ1) is 31.4. The molecule has 0 spiro atoms. The second-order valence-electron chi connectivity index (χ2n) is 8.64. The molecule has 13 nitrogen and oxygen atoms in total. The van der Waals surface area contributed by atoms with Crippen molar-refractivity contribution in [2.75, 3.05) is 38.0 Å². The zero-order valence-electron chi connectivity index (χ0n) is 24.2. The van der Waals surface area contributed by atoms with E-state index in [0.717, 1.165) is 7.11 Å². The zero-order chi connectivity index (χ0) is 31.7. The van der Waals surface area contributed by atoms with Crippen LogP contribution in [-0.4, -0.2) is 53.4 Å². The van der Waals surface area contributed by atoms with Crippen LogP contribution in [0.2, 0.25) is 0 Å². The van der Waals surface area contributed by atoms with Gasteiger partial charge in [-0.15, -0.1) is 0 Å². The molecule has 0 aliphatic carbocycles. The lowest BCUT2D eigenvalue weighted by Gasteiger charge is -2.22. The average molecular weight is 624 g/mol. The largest absolute Gasteiger partial charge is 0.497 e. The minimum Gasteiger partial charge on any atom is -0.497 e. The number of para-hydroxylation sites is 2. The van der Waals surface area contributed by atoms with E-state index in [2.05, 4.69) is 15.0 Å². The topological polar surface area (TPSA) is 161 Å². The molecule has 14 heteroatoms. The minimum atomic E-state index is -4.42. The first-order valence-electron chi connectivity index (χ1n) is 13.0. The van der Waals surface area contributed by atoms with Gasteiger partial charge in [-0.3, -0.25) is 10.0 Å². The highest BCUT2D eigenvalue weighted by Gasteiger charge is 2.32. The summed E-state index contributed by atoms with van der Waals surface area (Å²) in [5.74, 6) is -0.775. The molecule has 1 amide bonds. The third-order valence-electron chi connectivity index (χ3n) is 5.88. The van der Waals surface area contributed by atoms with Gasteiger partial charge in [0.05, 0.1) is 32.8 Å². The number of carbonyl (C=O) groups is 2. The summed E-state index contributed by atoms with van der Waals surface area (Å²) in [6, 6.07) is 18.1. The van der Waals surface area contributed by atoms with E-state index in [0.29, 0.717) is 11.5 Å². The van der Waals surface area contributed by atoms with Crippen LogP contribution < -0.4 is 33.7 Å². The second-order valence-corrected chi connectivity index (χ2v) is 10.3. The number of nitrogens with zero attached hydrogens (tertiary/aromatic N) is 1. The molecule has 0 aliphatic rings. The summed E-state index contributed by atoms with van der Waals surface area (Å²) in [5.41, 5.74) is -0.777. The third kappa shape index (κ3) is 7.28. The molecule has 0 radical (unpaired) electrons. The molecule has 1 heterocycles. The van der Waals surface area contributed by atoms with Gasteiger partial charge in [-0.1, -0.05) is 18.2 Å². The number of methoxy groups -OCH3 is 3. The van der Waals surface area contributed by atoms with E-state index in [1.165, 1.54) is 56.8 Å². The number of aromatic nitrogens is 1. The molecule has 44 heavy (non-hydrogen) atoms. The van der Waals surface area contributed by atoms with Gasteiger partial charge in [0.15, 0.2) is 28.7 Å². The van der Waals surface area contributed by atoms with Crippen LogP contribution in [0.1, 0.15) is 17.3 Å². The lowest BCUT2D eigenvalue weighted by atomic mass is 10.1. The quantitative estimate of drug-likeness (QED) is 0.192. The molecule has 230 valence electrons. The first-order valence-corrected chi connectivity index (χ1v) is 14.5. The van der Waals surface area contributed by atoms with Crippen molar-refractivity contribution in [2.45, 2.75) is 11.8 Å². The Morgan fingerprint density at radius 1 is 0.841 bits per heavy atom. The Morgan fingerprint density at radius 2 is 1.55 bits per heavy atom. The molecule has 0 fully saturated rings. The Labute approximate surface area is 253 Å². The standard InChI is InChI=1S/C30H29N3O10S/c1-5-41-24-18-21(29(34)40-4)27(43-30(35)32-25-12-8-9-17-31-25)26(28(24)42-23-11-7-6-10-22(23)39-3)33-44(36,37)20-15-13-19(38-2)14-16-20/h6-18,33H,5H2,1-4H3,(H,31,32,35). The monoisotopic (exact) mass is 623 g/mol. The number of pyridine rings is 1. The summed E-state index contributed by atoms with van der Waals surface area (Å²) in [6.07, 6.45) is 0.353. The second kappa shape index (κ2) is 14.1. The van der Waals surface area contributed by atoms with E-state index in [1.54, 1.807) is 43.3 Å². The molecule has 0 saturated carbocycles. The SMILES string of the molecule is CCOc1cc(C(=O)OC)c(OC(=O)Nc2ccccn2)c(NS(=O)(=O)c2ccc(OC)cc2)c1Oc1ccccc1OC. The molecule has 2 N–H and O–H groups in total. The van der Waals surface area contributed by atoms with E-state index in [-0.39, 0.29) is 40.1 Å². The van der Waals surface area contributed by atoms with Gasteiger partial charge in [-0.2, -0.15) is 0 Å². The molecule has 0 bridgehead atoms. The smallest absolute Gasteiger partial charge is 0.418 e. The summed E-state index contributed by atoms with van der Waals surface area (Å²) in [7, 11) is -0.436. The maximum Gasteiger partial charge on any atom is 0.418 e. The highest BCUT2D eigenvalue weighted by Crippen LogP contribution is 2.49. The number of benzene rings is 3. The maximum atomic E-state index is 13.7. The Balaban J connectivity index is 1.95. The van der Waals surface area contributed by atoms with Gasteiger partial charge in [0.25, 0.3) is 10.0 Å². The van der Waals surface area contributed by atoms with Crippen molar-refractivity contribution in [1.29, 1.82) is 0 Å². The van der Waals surface area contributed by atoms with E-state index in [9.17, 15) is 18.0 Å². The fourth-order valence-electron chi connectivity index (χ4n) is 3.87. The van der Waals surface area contributed by atoms with Crippen molar-refractivity contribution in [3.05, 3.63) is 84.6 Å². The van der Waals surface area contributed by atoms with Crippen molar-refractivity contribution in [3.8, 4) is 34.5 Å². The molecule has 3 aromatic carbocycles.